The molecule has 25 heavy (non-hydrogen) atoms. The van der Waals surface area contributed by atoms with Crippen LogP contribution in [0.3, 0.4) is 0 Å². The van der Waals surface area contributed by atoms with E-state index in [-0.39, 0.29) is 6.10 Å². The Morgan fingerprint density at radius 2 is 2.08 bits per heavy atom. The van der Waals surface area contributed by atoms with Crippen LogP contribution in [0.5, 0.6) is 0 Å². The van der Waals surface area contributed by atoms with Crippen molar-refractivity contribution in [3.8, 4) is 6.07 Å². The van der Waals surface area contributed by atoms with Gasteiger partial charge >= 0.3 is 0 Å². The van der Waals surface area contributed by atoms with E-state index >= 15 is 0 Å². The number of nitriles is 1. The number of hydrogen-bond donors (Lipinski definition) is 1. The summed E-state index contributed by atoms with van der Waals surface area (Å²) >= 11 is 0. The molecule has 0 saturated carbocycles. The fourth-order valence-electron chi connectivity index (χ4n) is 4.19. The molecule has 0 bridgehead atoms. The average Bonchev–Trinajstić information content (AvgIpc) is 3.32. The topological polar surface area (TPSA) is 64.4 Å². The molecule has 0 radical (unpaired) electrons. The van der Waals surface area contributed by atoms with Gasteiger partial charge in [0.15, 0.2) is 0 Å². The predicted molar refractivity (Wildman–Crippen MR) is 97.9 cm³/mol. The van der Waals surface area contributed by atoms with E-state index in [0.717, 1.165) is 75.8 Å². The van der Waals surface area contributed by atoms with Crippen LogP contribution in [0, 0.1) is 11.3 Å². The number of hydrogen-bond acceptors (Lipinski definition) is 6. The number of anilines is 2. The summed E-state index contributed by atoms with van der Waals surface area (Å²) in [5.41, 5.74) is 3.20. The Morgan fingerprint density at radius 3 is 2.80 bits per heavy atom. The van der Waals surface area contributed by atoms with Crippen molar-refractivity contribution >= 4 is 11.6 Å². The fourth-order valence-corrected chi connectivity index (χ4v) is 4.19. The Hall–Kier alpha value is -1.84. The van der Waals surface area contributed by atoms with Crippen molar-refractivity contribution < 1.29 is 4.74 Å². The molecule has 2 fully saturated rings. The lowest BCUT2D eigenvalue weighted by atomic mass is 9.95. The molecule has 134 valence electrons. The molecule has 4 heterocycles. The molecular formula is C19H27N5O. The molecule has 1 aromatic heterocycles. The molecule has 4 rings (SSSR count). The third-order valence-corrected chi connectivity index (χ3v) is 5.60. The van der Waals surface area contributed by atoms with Crippen LogP contribution in [-0.2, 0) is 17.7 Å². The van der Waals surface area contributed by atoms with Crippen molar-refractivity contribution in [2.45, 2.75) is 44.8 Å². The van der Waals surface area contributed by atoms with Gasteiger partial charge in [0.25, 0.3) is 0 Å². The van der Waals surface area contributed by atoms with Crippen molar-refractivity contribution in [3.05, 3.63) is 16.7 Å². The average molecular weight is 341 g/mol. The monoisotopic (exact) mass is 341 g/mol. The zero-order valence-electron chi connectivity index (χ0n) is 15.1. The maximum Gasteiger partial charge on any atom is 0.149 e. The highest BCUT2D eigenvalue weighted by Gasteiger charge is 2.28. The number of fused-ring (bicyclic) bond motifs is 1. The number of likely N-dealkylation sites (N-methyl/N-ethyl adjacent to an activating group) is 1. The molecule has 2 saturated heterocycles. The summed E-state index contributed by atoms with van der Waals surface area (Å²) in [6.45, 7) is 5.53. The van der Waals surface area contributed by atoms with Crippen LogP contribution in [0.1, 0.15) is 42.4 Å². The van der Waals surface area contributed by atoms with Gasteiger partial charge < -0.3 is 19.9 Å². The van der Waals surface area contributed by atoms with Crippen LogP contribution in [0.2, 0.25) is 0 Å². The van der Waals surface area contributed by atoms with Crippen molar-refractivity contribution in [1.82, 2.24) is 9.88 Å². The molecule has 1 atom stereocenters. The molecule has 1 N–H and O–H groups in total. The maximum atomic E-state index is 9.82. The largest absolute Gasteiger partial charge is 0.376 e. The Balaban J connectivity index is 1.69. The van der Waals surface area contributed by atoms with Gasteiger partial charge in [-0.2, -0.15) is 5.26 Å². The molecule has 3 aliphatic rings. The molecule has 6 heteroatoms. The van der Waals surface area contributed by atoms with E-state index in [1.165, 1.54) is 24.0 Å². The predicted octanol–water partition coefficient (Wildman–Crippen LogP) is 2.13. The van der Waals surface area contributed by atoms with E-state index < -0.39 is 0 Å². The quantitative estimate of drug-likeness (QED) is 0.905. The Labute approximate surface area is 149 Å². The summed E-state index contributed by atoms with van der Waals surface area (Å²) < 4.78 is 5.75. The van der Waals surface area contributed by atoms with E-state index in [9.17, 15) is 5.26 Å². The third kappa shape index (κ3) is 3.31. The zero-order chi connectivity index (χ0) is 17.2. The molecule has 0 aliphatic carbocycles. The van der Waals surface area contributed by atoms with E-state index in [0.29, 0.717) is 0 Å². The van der Waals surface area contributed by atoms with Gasteiger partial charge in [0.1, 0.15) is 17.7 Å². The van der Waals surface area contributed by atoms with Crippen LogP contribution in [0.15, 0.2) is 0 Å². The second kappa shape index (κ2) is 7.19. The van der Waals surface area contributed by atoms with Crippen molar-refractivity contribution in [3.63, 3.8) is 0 Å². The van der Waals surface area contributed by atoms with Gasteiger partial charge in [-0.05, 0) is 44.7 Å². The van der Waals surface area contributed by atoms with Crippen LogP contribution in [-0.4, -0.2) is 55.8 Å². The third-order valence-electron chi connectivity index (χ3n) is 5.60. The lowest BCUT2D eigenvalue weighted by Crippen LogP contribution is -2.31. The summed E-state index contributed by atoms with van der Waals surface area (Å²) in [7, 11) is 2.13. The van der Waals surface area contributed by atoms with E-state index in [4.69, 9.17) is 9.72 Å². The Bertz CT molecular complexity index is 671. The molecule has 3 aliphatic heterocycles. The number of ether oxygens (including phenoxy) is 1. The van der Waals surface area contributed by atoms with Crippen LogP contribution in [0.25, 0.3) is 0 Å². The summed E-state index contributed by atoms with van der Waals surface area (Å²) in [5, 5.41) is 13.4. The SMILES string of the molecule is CN1CCc2c(C#N)c(N3CCCC3)nc(NC[C@H]3CCCO3)c2C1. The molecular weight excluding hydrogens is 314 g/mol. The molecule has 0 unspecified atom stereocenters. The lowest BCUT2D eigenvalue weighted by molar-refractivity contribution is 0.120. The highest BCUT2D eigenvalue weighted by Crippen LogP contribution is 2.34. The summed E-state index contributed by atoms with van der Waals surface area (Å²) in [6.07, 6.45) is 5.84. The van der Waals surface area contributed by atoms with Gasteiger partial charge in [-0.15, -0.1) is 0 Å². The molecule has 1 aromatic rings. The zero-order valence-corrected chi connectivity index (χ0v) is 15.1. The standard InChI is InChI=1S/C19H27N5O/c1-23-9-6-15-16(11-20)19(24-7-2-3-8-24)22-18(17(15)13-23)21-12-14-5-4-10-25-14/h14H,2-10,12-13H2,1H3,(H,21,22)/t14-/m1/s1. The lowest BCUT2D eigenvalue weighted by Gasteiger charge is -2.30. The fraction of sp³-hybridized carbons (Fsp3) is 0.684. The second-order valence-corrected chi connectivity index (χ2v) is 7.43. The van der Waals surface area contributed by atoms with Gasteiger partial charge in [-0.3, -0.25) is 0 Å². The number of nitrogens with zero attached hydrogens (tertiary/aromatic N) is 4. The van der Waals surface area contributed by atoms with Crippen LogP contribution < -0.4 is 10.2 Å². The highest BCUT2D eigenvalue weighted by molar-refractivity contribution is 5.67. The molecule has 6 nitrogen and oxygen atoms in total. The smallest absolute Gasteiger partial charge is 0.149 e. The minimum absolute atomic E-state index is 0.282. The van der Waals surface area contributed by atoms with Crippen LogP contribution in [0.4, 0.5) is 11.6 Å². The summed E-state index contributed by atoms with van der Waals surface area (Å²) in [4.78, 5) is 9.53. The van der Waals surface area contributed by atoms with Crippen molar-refractivity contribution in [1.29, 1.82) is 5.26 Å². The van der Waals surface area contributed by atoms with Crippen LogP contribution >= 0.6 is 0 Å². The summed E-state index contributed by atoms with van der Waals surface area (Å²) in [5.74, 6) is 1.84. The van der Waals surface area contributed by atoms with Crippen molar-refractivity contribution in [2.75, 3.05) is 50.1 Å². The minimum Gasteiger partial charge on any atom is -0.376 e. The first-order chi connectivity index (χ1) is 12.3. The van der Waals surface area contributed by atoms with Gasteiger partial charge in [-0.25, -0.2) is 4.98 Å². The van der Waals surface area contributed by atoms with E-state index in [1.54, 1.807) is 0 Å². The van der Waals surface area contributed by atoms with E-state index in [2.05, 4.69) is 28.2 Å². The number of rotatable bonds is 4. The number of pyridine rings is 1. The number of aromatic nitrogens is 1. The van der Waals surface area contributed by atoms with Gasteiger partial charge in [0, 0.05) is 44.9 Å². The van der Waals surface area contributed by atoms with E-state index in [1.807, 2.05) is 0 Å². The normalized spacial score (nSPS) is 23.5. The minimum atomic E-state index is 0.282. The first-order valence-corrected chi connectivity index (χ1v) is 9.51. The molecule has 0 amide bonds. The van der Waals surface area contributed by atoms with Crippen molar-refractivity contribution in [2.24, 2.45) is 0 Å². The van der Waals surface area contributed by atoms with Gasteiger partial charge in [-0.1, -0.05) is 0 Å². The molecule has 0 aromatic carbocycles. The Kier molecular flexibility index (Phi) is 4.78. The summed E-state index contributed by atoms with van der Waals surface area (Å²) in [6, 6.07) is 2.46. The van der Waals surface area contributed by atoms with Gasteiger partial charge in [0.2, 0.25) is 0 Å². The first kappa shape index (κ1) is 16.6. The highest BCUT2D eigenvalue weighted by atomic mass is 16.5. The number of nitrogens with one attached hydrogen (secondary N) is 1. The Morgan fingerprint density at radius 1 is 1.24 bits per heavy atom. The second-order valence-electron chi connectivity index (χ2n) is 7.43. The molecule has 0 spiro atoms. The maximum absolute atomic E-state index is 9.82. The first-order valence-electron chi connectivity index (χ1n) is 9.51. The van der Waals surface area contributed by atoms with Gasteiger partial charge in [0.05, 0.1) is 11.7 Å².